The average molecular weight is 249 g/mol. The second-order valence-electron chi connectivity index (χ2n) is 4.33. The van der Waals surface area contributed by atoms with Crippen LogP contribution in [0.2, 0.25) is 0 Å². The van der Waals surface area contributed by atoms with Crippen molar-refractivity contribution in [3.63, 3.8) is 0 Å². The summed E-state index contributed by atoms with van der Waals surface area (Å²) in [6.45, 7) is 5.65. The molecule has 4 N–H and O–H groups in total. The lowest BCUT2D eigenvalue weighted by Gasteiger charge is -2.12. The van der Waals surface area contributed by atoms with Crippen LogP contribution < -0.4 is 16.4 Å². The highest BCUT2D eigenvalue weighted by molar-refractivity contribution is 6.40. The van der Waals surface area contributed by atoms with Crippen molar-refractivity contribution in [1.82, 2.24) is 5.32 Å². The molecule has 1 rings (SSSR count). The molecule has 0 aliphatic rings. The molecule has 0 bridgehead atoms. The zero-order valence-electron chi connectivity index (χ0n) is 10.9. The molecule has 2 amide bonds. The van der Waals surface area contributed by atoms with E-state index in [2.05, 4.69) is 10.6 Å². The maximum Gasteiger partial charge on any atom is 0.313 e. The zero-order valence-corrected chi connectivity index (χ0v) is 10.9. The van der Waals surface area contributed by atoms with Crippen LogP contribution in [0.15, 0.2) is 18.2 Å². The molecule has 18 heavy (non-hydrogen) atoms. The fourth-order valence-electron chi connectivity index (χ4n) is 1.35. The van der Waals surface area contributed by atoms with Gasteiger partial charge in [0.05, 0.1) is 11.4 Å². The smallest absolute Gasteiger partial charge is 0.313 e. The third-order valence-corrected chi connectivity index (χ3v) is 2.65. The largest absolute Gasteiger partial charge is 0.397 e. The Morgan fingerprint density at radius 2 is 2.00 bits per heavy atom. The minimum Gasteiger partial charge on any atom is -0.397 e. The summed E-state index contributed by atoms with van der Waals surface area (Å²) in [5, 5.41) is 5.10. The van der Waals surface area contributed by atoms with Crippen molar-refractivity contribution in [3.8, 4) is 0 Å². The van der Waals surface area contributed by atoms with Crippen molar-refractivity contribution < 1.29 is 9.59 Å². The summed E-state index contributed by atoms with van der Waals surface area (Å²) in [6, 6.07) is 5.23. The molecular weight excluding hydrogens is 230 g/mol. The minimum absolute atomic E-state index is 0.0295. The number of anilines is 2. The van der Waals surface area contributed by atoms with Gasteiger partial charge in [0.25, 0.3) is 0 Å². The molecule has 1 atom stereocenters. The van der Waals surface area contributed by atoms with E-state index >= 15 is 0 Å². The predicted octanol–water partition coefficient (Wildman–Crippen LogP) is 1.43. The number of benzene rings is 1. The van der Waals surface area contributed by atoms with Crippen LogP contribution in [-0.2, 0) is 9.59 Å². The summed E-state index contributed by atoms with van der Waals surface area (Å²) in [7, 11) is 0. The molecule has 0 saturated heterocycles. The Balaban J connectivity index is 2.69. The number of nitrogens with two attached hydrogens (primary N) is 1. The van der Waals surface area contributed by atoms with Crippen LogP contribution in [0.1, 0.15) is 25.8 Å². The first-order valence-corrected chi connectivity index (χ1v) is 5.92. The van der Waals surface area contributed by atoms with Crippen LogP contribution in [0.3, 0.4) is 0 Å². The number of aryl methyl sites for hydroxylation is 1. The molecule has 5 nitrogen and oxygen atoms in total. The van der Waals surface area contributed by atoms with Crippen LogP contribution in [0.5, 0.6) is 0 Å². The molecule has 1 aromatic rings. The first-order valence-electron chi connectivity index (χ1n) is 5.92. The molecule has 0 saturated carbocycles. The standard InChI is InChI=1S/C13H19N3O2/c1-4-9(3)15-12(17)13(18)16-11-7-8(2)5-6-10(11)14/h5-7,9H,4,14H2,1-3H3,(H,15,17)(H,16,18). The summed E-state index contributed by atoms with van der Waals surface area (Å²) in [4.78, 5) is 23.2. The third-order valence-electron chi connectivity index (χ3n) is 2.65. The molecule has 98 valence electrons. The molecule has 1 aromatic carbocycles. The van der Waals surface area contributed by atoms with Crippen molar-refractivity contribution in [2.24, 2.45) is 0 Å². The van der Waals surface area contributed by atoms with Crippen molar-refractivity contribution in [3.05, 3.63) is 23.8 Å². The molecule has 0 aromatic heterocycles. The summed E-state index contributed by atoms with van der Waals surface area (Å²) in [5.41, 5.74) is 7.57. The summed E-state index contributed by atoms with van der Waals surface area (Å²) < 4.78 is 0. The Morgan fingerprint density at radius 3 is 2.61 bits per heavy atom. The van der Waals surface area contributed by atoms with E-state index in [9.17, 15) is 9.59 Å². The number of amides is 2. The van der Waals surface area contributed by atoms with Gasteiger partial charge in [0.1, 0.15) is 0 Å². The molecule has 0 radical (unpaired) electrons. The monoisotopic (exact) mass is 249 g/mol. The SMILES string of the molecule is CCC(C)NC(=O)C(=O)Nc1cc(C)ccc1N. The fraction of sp³-hybridized carbons (Fsp3) is 0.385. The predicted molar refractivity (Wildman–Crippen MR) is 72.1 cm³/mol. The molecule has 0 aliphatic heterocycles. The lowest BCUT2D eigenvalue weighted by molar-refractivity contribution is -0.136. The van der Waals surface area contributed by atoms with Gasteiger partial charge in [-0.2, -0.15) is 0 Å². The Morgan fingerprint density at radius 1 is 1.33 bits per heavy atom. The number of hydrogen-bond donors (Lipinski definition) is 3. The molecule has 5 heteroatoms. The number of nitrogen functional groups attached to an aromatic ring is 1. The molecule has 1 unspecified atom stereocenters. The summed E-state index contributed by atoms with van der Waals surface area (Å²) in [5.74, 6) is -1.35. The maximum atomic E-state index is 11.6. The van der Waals surface area contributed by atoms with E-state index in [-0.39, 0.29) is 6.04 Å². The van der Waals surface area contributed by atoms with Crippen LogP contribution in [0.4, 0.5) is 11.4 Å². The topological polar surface area (TPSA) is 84.2 Å². The van der Waals surface area contributed by atoms with Crippen molar-refractivity contribution in [1.29, 1.82) is 0 Å². The normalized spacial score (nSPS) is 11.7. The zero-order chi connectivity index (χ0) is 13.7. The first kappa shape index (κ1) is 14.0. The van der Waals surface area contributed by atoms with Gasteiger partial charge in [-0.05, 0) is 38.0 Å². The number of hydrogen-bond acceptors (Lipinski definition) is 3. The Hall–Kier alpha value is -2.04. The van der Waals surface area contributed by atoms with Gasteiger partial charge in [-0.3, -0.25) is 9.59 Å². The van der Waals surface area contributed by atoms with Gasteiger partial charge in [-0.1, -0.05) is 13.0 Å². The second-order valence-corrected chi connectivity index (χ2v) is 4.33. The highest BCUT2D eigenvalue weighted by Crippen LogP contribution is 2.19. The fourth-order valence-corrected chi connectivity index (χ4v) is 1.35. The lowest BCUT2D eigenvalue weighted by Crippen LogP contribution is -2.40. The Labute approximate surface area is 107 Å². The second kappa shape index (κ2) is 6.05. The first-order chi connectivity index (χ1) is 8.43. The number of carbonyl (C=O) groups is 2. The van der Waals surface area contributed by atoms with Gasteiger partial charge < -0.3 is 16.4 Å². The Bertz CT molecular complexity index is 458. The van der Waals surface area contributed by atoms with E-state index in [0.29, 0.717) is 11.4 Å². The van der Waals surface area contributed by atoms with Gasteiger partial charge in [0.15, 0.2) is 0 Å². The minimum atomic E-state index is -0.701. The molecular formula is C13H19N3O2. The number of nitrogens with one attached hydrogen (secondary N) is 2. The third kappa shape index (κ3) is 3.76. The van der Waals surface area contributed by atoms with E-state index in [1.807, 2.05) is 26.8 Å². The highest BCUT2D eigenvalue weighted by Gasteiger charge is 2.16. The quantitative estimate of drug-likeness (QED) is 0.559. The van der Waals surface area contributed by atoms with Crippen molar-refractivity contribution in [2.45, 2.75) is 33.2 Å². The summed E-state index contributed by atoms with van der Waals surface area (Å²) in [6.07, 6.45) is 0.769. The average Bonchev–Trinajstić information content (AvgIpc) is 2.33. The number of rotatable bonds is 3. The molecule has 0 fully saturated rings. The summed E-state index contributed by atoms with van der Waals surface area (Å²) >= 11 is 0. The molecule has 0 aliphatic carbocycles. The maximum absolute atomic E-state index is 11.6. The van der Waals surface area contributed by atoms with Crippen LogP contribution in [0, 0.1) is 6.92 Å². The highest BCUT2D eigenvalue weighted by atomic mass is 16.2. The van der Waals surface area contributed by atoms with Gasteiger partial charge in [0.2, 0.25) is 0 Å². The molecule has 0 spiro atoms. The van der Waals surface area contributed by atoms with Gasteiger partial charge in [0, 0.05) is 6.04 Å². The van der Waals surface area contributed by atoms with Crippen LogP contribution in [0.25, 0.3) is 0 Å². The van der Waals surface area contributed by atoms with Crippen molar-refractivity contribution >= 4 is 23.2 Å². The van der Waals surface area contributed by atoms with Gasteiger partial charge in [-0.25, -0.2) is 0 Å². The van der Waals surface area contributed by atoms with E-state index in [1.165, 1.54) is 0 Å². The van der Waals surface area contributed by atoms with Crippen LogP contribution in [-0.4, -0.2) is 17.9 Å². The van der Waals surface area contributed by atoms with E-state index in [1.54, 1.807) is 12.1 Å². The number of carbonyl (C=O) groups excluding carboxylic acids is 2. The van der Waals surface area contributed by atoms with Gasteiger partial charge >= 0.3 is 11.8 Å². The Kier molecular flexibility index (Phi) is 4.71. The van der Waals surface area contributed by atoms with Gasteiger partial charge in [-0.15, -0.1) is 0 Å². The van der Waals surface area contributed by atoms with E-state index < -0.39 is 11.8 Å². The lowest BCUT2D eigenvalue weighted by atomic mass is 10.2. The van der Waals surface area contributed by atoms with E-state index in [4.69, 9.17) is 5.73 Å². The van der Waals surface area contributed by atoms with E-state index in [0.717, 1.165) is 12.0 Å². The molecule has 0 heterocycles. The van der Waals surface area contributed by atoms with Crippen LogP contribution >= 0.6 is 0 Å². The van der Waals surface area contributed by atoms with Crippen molar-refractivity contribution in [2.75, 3.05) is 11.1 Å².